The van der Waals surface area contributed by atoms with E-state index in [1.54, 1.807) is 12.4 Å². The molecular weight excluding hydrogens is 148 g/mol. The average Bonchev–Trinajstić information content (AvgIpc) is 2.07. The number of rotatable bonds is 2. The minimum Gasteiger partial charge on any atom is -0.404 e. The van der Waals surface area contributed by atoms with E-state index < -0.39 is 0 Å². The van der Waals surface area contributed by atoms with Gasteiger partial charge in [0.05, 0.1) is 5.69 Å². The Morgan fingerprint density at radius 3 is 2.67 bits per heavy atom. The number of nitrogens with two attached hydrogens (primary N) is 1. The van der Waals surface area contributed by atoms with E-state index in [2.05, 4.69) is 18.8 Å². The van der Waals surface area contributed by atoms with E-state index in [0.717, 1.165) is 11.3 Å². The van der Waals surface area contributed by atoms with Crippen LogP contribution in [0.25, 0.3) is 5.57 Å². The smallest absolute Gasteiger partial charge is 0.0678 e. The van der Waals surface area contributed by atoms with Gasteiger partial charge >= 0.3 is 0 Å². The van der Waals surface area contributed by atoms with Gasteiger partial charge in [0.15, 0.2) is 0 Å². The number of hydrogen-bond acceptors (Lipinski definition) is 2. The van der Waals surface area contributed by atoms with Crippen molar-refractivity contribution in [1.82, 2.24) is 4.98 Å². The van der Waals surface area contributed by atoms with Crippen LogP contribution < -0.4 is 5.73 Å². The molecule has 0 bridgehead atoms. The first-order chi connectivity index (χ1) is 5.75. The molecule has 1 aromatic rings. The van der Waals surface area contributed by atoms with Crippen LogP contribution in [0.2, 0.25) is 0 Å². The molecule has 0 atom stereocenters. The Morgan fingerprint density at radius 2 is 2.25 bits per heavy atom. The quantitative estimate of drug-likeness (QED) is 0.722. The second-order valence-corrected chi connectivity index (χ2v) is 2.99. The predicted molar refractivity (Wildman–Crippen MR) is 51.2 cm³/mol. The lowest BCUT2D eigenvalue weighted by atomic mass is 10.0. The van der Waals surface area contributed by atoms with Gasteiger partial charge in [-0.1, -0.05) is 19.9 Å². The molecule has 64 valence electrons. The van der Waals surface area contributed by atoms with Gasteiger partial charge in [0.2, 0.25) is 0 Å². The Bertz CT molecular complexity index is 262. The zero-order valence-corrected chi connectivity index (χ0v) is 7.49. The molecule has 0 aromatic carbocycles. The van der Waals surface area contributed by atoms with Gasteiger partial charge in [-0.15, -0.1) is 0 Å². The third kappa shape index (κ3) is 1.84. The van der Waals surface area contributed by atoms with Gasteiger partial charge in [0.1, 0.15) is 0 Å². The van der Waals surface area contributed by atoms with Gasteiger partial charge in [0, 0.05) is 6.20 Å². The fourth-order valence-electron chi connectivity index (χ4n) is 1.11. The maximum absolute atomic E-state index is 5.50. The Kier molecular flexibility index (Phi) is 2.86. The number of aromatic nitrogens is 1. The molecule has 0 spiro atoms. The Labute approximate surface area is 73.1 Å². The summed E-state index contributed by atoms with van der Waals surface area (Å²) in [5.41, 5.74) is 7.56. The van der Waals surface area contributed by atoms with Gasteiger partial charge in [-0.3, -0.25) is 4.98 Å². The monoisotopic (exact) mass is 162 g/mol. The summed E-state index contributed by atoms with van der Waals surface area (Å²) in [6, 6.07) is 5.84. The van der Waals surface area contributed by atoms with E-state index in [0.29, 0.717) is 5.92 Å². The van der Waals surface area contributed by atoms with Crippen LogP contribution in [0.5, 0.6) is 0 Å². The Morgan fingerprint density at radius 1 is 1.50 bits per heavy atom. The molecule has 1 rings (SSSR count). The minimum absolute atomic E-state index is 0.421. The Balaban J connectivity index is 2.97. The topological polar surface area (TPSA) is 38.9 Å². The predicted octanol–water partition coefficient (Wildman–Crippen LogP) is 2.04. The van der Waals surface area contributed by atoms with Crippen molar-refractivity contribution >= 4 is 5.57 Å². The standard InChI is InChI=1S/C10H14N2/c1-8(2)9(7-11)10-5-3-4-6-12-10/h3-8H,11H2,1-2H3/b9-7-. The highest BCUT2D eigenvalue weighted by atomic mass is 14.7. The van der Waals surface area contributed by atoms with E-state index in [-0.39, 0.29) is 0 Å². The lowest BCUT2D eigenvalue weighted by Crippen LogP contribution is -1.98. The van der Waals surface area contributed by atoms with E-state index in [4.69, 9.17) is 5.73 Å². The summed E-state index contributed by atoms with van der Waals surface area (Å²) in [7, 11) is 0. The number of hydrogen-bond donors (Lipinski definition) is 1. The van der Waals surface area contributed by atoms with Gasteiger partial charge in [-0.2, -0.15) is 0 Å². The van der Waals surface area contributed by atoms with E-state index >= 15 is 0 Å². The van der Waals surface area contributed by atoms with Gasteiger partial charge in [-0.05, 0) is 29.8 Å². The molecule has 0 saturated heterocycles. The van der Waals surface area contributed by atoms with Crippen LogP contribution >= 0.6 is 0 Å². The van der Waals surface area contributed by atoms with Crippen LogP contribution in [0.1, 0.15) is 19.5 Å². The van der Waals surface area contributed by atoms with Crippen LogP contribution in [0.4, 0.5) is 0 Å². The van der Waals surface area contributed by atoms with Crippen molar-refractivity contribution in [2.24, 2.45) is 11.7 Å². The number of allylic oxidation sites excluding steroid dienone is 1. The fraction of sp³-hybridized carbons (Fsp3) is 0.300. The molecule has 1 aromatic heterocycles. The van der Waals surface area contributed by atoms with E-state index in [1.165, 1.54) is 0 Å². The maximum Gasteiger partial charge on any atom is 0.0678 e. The molecule has 2 heteroatoms. The van der Waals surface area contributed by atoms with Crippen molar-refractivity contribution in [2.75, 3.05) is 0 Å². The van der Waals surface area contributed by atoms with Crippen molar-refractivity contribution in [1.29, 1.82) is 0 Å². The van der Waals surface area contributed by atoms with Crippen molar-refractivity contribution < 1.29 is 0 Å². The molecule has 12 heavy (non-hydrogen) atoms. The second-order valence-electron chi connectivity index (χ2n) is 2.99. The SMILES string of the molecule is CC(C)/C(=C/N)c1ccccn1. The van der Waals surface area contributed by atoms with Crippen LogP contribution in [-0.4, -0.2) is 4.98 Å². The van der Waals surface area contributed by atoms with Crippen LogP contribution in [0.15, 0.2) is 30.6 Å². The lowest BCUT2D eigenvalue weighted by Gasteiger charge is -2.08. The number of nitrogens with zero attached hydrogens (tertiary/aromatic N) is 1. The van der Waals surface area contributed by atoms with Gasteiger partial charge in [-0.25, -0.2) is 0 Å². The summed E-state index contributed by atoms with van der Waals surface area (Å²) in [6.45, 7) is 4.21. The zero-order chi connectivity index (χ0) is 8.97. The molecule has 2 nitrogen and oxygen atoms in total. The highest BCUT2D eigenvalue weighted by Crippen LogP contribution is 2.18. The highest BCUT2D eigenvalue weighted by Gasteiger charge is 2.05. The molecule has 0 fully saturated rings. The van der Waals surface area contributed by atoms with Crippen molar-refractivity contribution in [3.05, 3.63) is 36.3 Å². The molecule has 0 aliphatic heterocycles. The number of pyridine rings is 1. The third-order valence-corrected chi connectivity index (χ3v) is 1.76. The summed E-state index contributed by atoms with van der Waals surface area (Å²) in [6.07, 6.45) is 3.41. The normalized spacial score (nSPS) is 12.1. The van der Waals surface area contributed by atoms with Gasteiger partial charge in [0.25, 0.3) is 0 Å². The lowest BCUT2D eigenvalue weighted by molar-refractivity contribution is 0.846. The highest BCUT2D eigenvalue weighted by molar-refractivity contribution is 5.63. The average molecular weight is 162 g/mol. The summed E-state index contributed by atoms with van der Waals surface area (Å²) in [5, 5.41) is 0. The molecule has 0 aliphatic carbocycles. The largest absolute Gasteiger partial charge is 0.404 e. The first-order valence-corrected chi connectivity index (χ1v) is 4.09. The summed E-state index contributed by atoms with van der Waals surface area (Å²) < 4.78 is 0. The van der Waals surface area contributed by atoms with Crippen molar-refractivity contribution in [3.63, 3.8) is 0 Å². The van der Waals surface area contributed by atoms with E-state index in [9.17, 15) is 0 Å². The molecule has 0 amide bonds. The summed E-state index contributed by atoms with van der Waals surface area (Å²) >= 11 is 0. The van der Waals surface area contributed by atoms with Crippen molar-refractivity contribution in [2.45, 2.75) is 13.8 Å². The summed E-state index contributed by atoms with van der Waals surface area (Å²) in [4.78, 5) is 4.22. The van der Waals surface area contributed by atoms with E-state index in [1.807, 2.05) is 18.2 Å². The molecule has 0 saturated carbocycles. The summed E-state index contributed by atoms with van der Waals surface area (Å²) in [5.74, 6) is 0.421. The molecular formula is C10H14N2. The Hall–Kier alpha value is -1.31. The molecule has 0 radical (unpaired) electrons. The van der Waals surface area contributed by atoms with Crippen LogP contribution in [-0.2, 0) is 0 Å². The fourth-order valence-corrected chi connectivity index (χ4v) is 1.11. The van der Waals surface area contributed by atoms with Gasteiger partial charge < -0.3 is 5.73 Å². The van der Waals surface area contributed by atoms with Crippen LogP contribution in [0, 0.1) is 5.92 Å². The second kappa shape index (κ2) is 3.90. The first kappa shape index (κ1) is 8.78. The zero-order valence-electron chi connectivity index (χ0n) is 7.49. The first-order valence-electron chi connectivity index (χ1n) is 4.09. The third-order valence-electron chi connectivity index (χ3n) is 1.76. The molecule has 0 unspecified atom stereocenters. The minimum atomic E-state index is 0.421. The molecule has 0 aliphatic rings. The van der Waals surface area contributed by atoms with Crippen LogP contribution in [0.3, 0.4) is 0 Å². The molecule has 1 heterocycles. The van der Waals surface area contributed by atoms with Crippen molar-refractivity contribution in [3.8, 4) is 0 Å². The maximum atomic E-state index is 5.50. The molecule has 2 N–H and O–H groups in total.